The highest BCUT2D eigenvalue weighted by atomic mass is 35.5. The predicted octanol–water partition coefficient (Wildman–Crippen LogP) is 4.21. The molecule has 6 nitrogen and oxygen atoms in total. The third-order valence-corrected chi connectivity index (χ3v) is 3.96. The molecular formula is C17H11ClN4O2. The molecule has 118 valence electrons. The molecule has 7 heteroatoms. The summed E-state index contributed by atoms with van der Waals surface area (Å²) in [7, 11) is 0. The van der Waals surface area contributed by atoms with E-state index in [0.29, 0.717) is 21.9 Å². The van der Waals surface area contributed by atoms with Crippen LogP contribution < -0.4 is 5.32 Å². The first kappa shape index (κ1) is 14.5. The summed E-state index contributed by atoms with van der Waals surface area (Å²) >= 11 is 5.91. The molecule has 3 N–H and O–H groups in total. The number of anilines is 2. The second-order valence-electron chi connectivity index (χ2n) is 5.26. The van der Waals surface area contributed by atoms with Crippen LogP contribution in [0.4, 0.5) is 11.5 Å². The summed E-state index contributed by atoms with van der Waals surface area (Å²) in [5.41, 5.74) is 2.13. The zero-order valence-corrected chi connectivity index (χ0v) is 13.0. The van der Waals surface area contributed by atoms with Crippen molar-refractivity contribution in [3.8, 4) is 0 Å². The Balaban J connectivity index is 1.92. The normalized spacial score (nSPS) is 11.0. The highest BCUT2D eigenvalue weighted by molar-refractivity contribution is 6.30. The summed E-state index contributed by atoms with van der Waals surface area (Å²) in [6.45, 7) is 0. The van der Waals surface area contributed by atoms with Crippen molar-refractivity contribution in [1.29, 1.82) is 0 Å². The SMILES string of the molecule is O=C(O)c1cc2nc(Nc3ccc(Cl)cc3)c3ccncc3c2[nH]1. The fraction of sp³-hybridized carbons (Fsp3) is 0. The number of carboxylic acid groups (broad SMARTS) is 1. The minimum Gasteiger partial charge on any atom is -0.477 e. The van der Waals surface area contributed by atoms with Crippen LogP contribution in [0.3, 0.4) is 0 Å². The number of benzene rings is 1. The number of aromatic carboxylic acids is 1. The van der Waals surface area contributed by atoms with Gasteiger partial charge < -0.3 is 15.4 Å². The molecule has 3 aromatic heterocycles. The van der Waals surface area contributed by atoms with Crippen molar-refractivity contribution in [2.24, 2.45) is 0 Å². The molecule has 0 fully saturated rings. The van der Waals surface area contributed by atoms with Gasteiger partial charge in [-0.1, -0.05) is 11.6 Å². The van der Waals surface area contributed by atoms with Crippen LogP contribution in [-0.4, -0.2) is 26.0 Å². The maximum absolute atomic E-state index is 11.2. The van der Waals surface area contributed by atoms with Crippen LogP contribution in [0.15, 0.2) is 48.8 Å². The Morgan fingerprint density at radius 1 is 1.17 bits per heavy atom. The number of H-pyrrole nitrogens is 1. The first-order valence-corrected chi connectivity index (χ1v) is 7.52. The summed E-state index contributed by atoms with van der Waals surface area (Å²) in [4.78, 5) is 22.8. The van der Waals surface area contributed by atoms with Gasteiger partial charge in [-0.25, -0.2) is 9.78 Å². The van der Waals surface area contributed by atoms with Crippen molar-refractivity contribution >= 4 is 50.9 Å². The third-order valence-electron chi connectivity index (χ3n) is 3.71. The van der Waals surface area contributed by atoms with Crippen LogP contribution in [0.2, 0.25) is 5.02 Å². The van der Waals surface area contributed by atoms with Crippen LogP contribution in [0.25, 0.3) is 21.8 Å². The second kappa shape index (κ2) is 5.50. The topological polar surface area (TPSA) is 90.9 Å². The first-order chi connectivity index (χ1) is 11.6. The molecule has 24 heavy (non-hydrogen) atoms. The smallest absolute Gasteiger partial charge is 0.352 e. The summed E-state index contributed by atoms with van der Waals surface area (Å²) in [5.74, 6) is -0.407. The van der Waals surface area contributed by atoms with E-state index in [4.69, 9.17) is 11.6 Å². The molecule has 0 spiro atoms. The minimum absolute atomic E-state index is 0.0892. The maximum atomic E-state index is 11.2. The lowest BCUT2D eigenvalue weighted by atomic mass is 10.2. The van der Waals surface area contributed by atoms with E-state index in [0.717, 1.165) is 16.5 Å². The van der Waals surface area contributed by atoms with Crippen LogP contribution in [0.1, 0.15) is 10.5 Å². The van der Waals surface area contributed by atoms with Crippen molar-refractivity contribution < 1.29 is 9.90 Å². The summed E-state index contributed by atoms with van der Waals surface area (Å²) in [6.07, 6.45) is 3.36. The number of fused-ring (bicyclic) bond motifs is 3. The highest BCUT2D eigenvalue weighted by Gasteiger charge is 2.14. The number of pyridine rings is 2. The van der Waals surface area contributed by atoms with Crippen LogP contribution in [0, 0.1) is 0 Å². The molecule has 0 amide bonds. The van der Waals surface area contributed by atoms with E-state index in [1.807, 2.05) is 18.2 Å². The van der Waals surface area contributed by atoms with Gasteiger partial charge in [0.15, 0.2) is 0 Å². The van der Waals surface area contributed by atoms with E-state index in [1.165, 1.54) is 6.07 Å². The molecule has 0 saturated heterocycles. The average molecular weight is 339 g/mol. The number of aromatic amines is 1. The second-order valence-corrected chi connectivity index (χ2v) is 5.70. The number of hydrogen-bond donors (Lipinski definition) is 3. The fourth-order valence-electron chi connectivity index (χ4n) is 2.60. The molecule has 0 unspecified atom stereocenters. The standard InChI is InChI=1S/C17H11ClN4O2/c18-9-1-3-10(4-2-9)20-16-11-5-6-19-8-12(11)15-13(22-16)7-14(21-15)17(23)24/h1-8,21H,(H,20,22)(H,23,24). The number of nitrogens with one attached hydrogen (secondary N) is 2. The number of carboxylic acids is 1. The van der Waals surface area contributed by atoms with Gasteiger partial charge in [-0.3, -0.25) is 4.98 Å². The Morgan fingerprint density at radius 3 is 2.71 bits per heavy atom. The van der Waals surface area contributed by atoms with Gasteiger partial charge in [0.25, 0.3) is 0 Å². The minimum atomic E-state index is -1.03. The van der Waals surface area contributed by atoms with Crippen molar-refractivity contribution in [3.63, 3.8) is 0 Å². The molecule has 0 saturated carbocycles. The Kier molecular flexibility index (Phi) is 3.32. The Morgan fingerprint density at radius 2 is 1.96 bits per heavy atom. The largest absolute Gasteiger partial charge is 0.477 e. The lowest BCUT2D eigenvalue weighted by molar-refractivity contribution is 0.0691. The summed E-state index contributed by atoms with van der Waals surface area (Å²) < 4.78 is 0. The van der Waals surface area contributed by atoms with Crippen molar-refractivity contribution in [1.82, 2.24) is 15.0 Å². The van der Waals surface area contributed by atoms with Gasteiger partial charge in [0.1, 0.15) is 11.5 Å². The third kappa shape index (κ3) is 2.43. The molecule has 0 bridgehead atoms. The Hall–Kier alpha value is -3.12. The molecule has 4 aromatic rings. The van der Waals surface area contributed by atoms with Gasteiger partial charge in [0.2, 0.25) is 0 Å². The first-order valence-electron chi connectivity index (χ1n) is 7.14. The van der Waals surface area contributed by atoms with E-state index in [-0.39, 0.29) is 5.69 Å². The number of carbonyl (C=O) groups is 1. The molecule has 0 atom stereocenters. The molecule has 0 aliphatic heterocycles. The summed E-state index contributed by atoms with van der Waals surface area (Å²) in [6, 6.07) is 10.6. The Bertz CT molecular complexity index is 1070. The maximum Gasteiger partial charge on any atom is 0.352 e. The summed E-state index contributed by atoms with van der Waals surface area (Å²) in [5, 5.41) is 14.7. The van der Waals surface area contributed by atoms with Gasteiger partial charge in [-0.15, -0.1) is 0 Å². The van der Waals surface area contributed by atoms with Gasteiger partial charge in [0.05, 0.1) is 11.0 Å². The number of halogens is 1. The predicted molar refractivity (Wildman–Crippen MR) is 93.1 cm³/mol. The van der Waals surface area contributed by atoms with Gasteiger partial charge in [-0.05, 0) is 36.4 Å². The van der Waals surface area contributed by atoms with Crippen LogP contribution >= 0.6 is 11.6 Å². The average Bonchev–Trinajstić information content (AvgIpc) is 3.02. The molecule has 0 aliphatic carbocycles. The van der Waals surface area contributed by atoms with Crippen molar-refractivity contribution in [2.45, 2.75) is 0 Å². The molecule has 3 heterocycles. The van der Waals surface area contributed by atoms with E-state index in [9.17, 15) is 9.90 Å². The van der Waals surface area contributed by atoms with Gasteiger partial charge in [0, 0.05) is 33.9 Å². The number of aromatic nitrogens is 3. The Labute approximate surface area is 141 Å². The monoisotopic (exact) mass is 338 g/mol. The number of hydrogen-bond acceptors (Lipinski definition) is 4. The zero-order chi connectivity index (χ0) is 16.7. The van der Waals surface area contributed by atoms with Crippen molar-refractivity contribution in [2.75, 3.05) is 5.32 Å². The molecule has 0 aliphatic rings. The molecule has 0 radical (unpaired) electrons. The quantitative estimate of drug-likeness (QED) is 0.520. The van der Waals surface area contributed by atoms with Gasteiger partial charge in [-0.2, -0.15) is 0 Å². The van der Waals surface area contributed by atoms with Crippen LogP contribution in [-0.2, 0) is 0 Å². The van der Waals surface area contributed by atoms with E-state index >= 15 is 0 Å². The highest BCUT2D eigenvalue weighted by Crippen LogP contribution is 2.30. The lowest BCUT2D eigenvalue weighted by Gasteiger charge is -2.09. The van der Waals surface area contributed by atoms with Gasteiger partial charge >= 0.3 is 5.97 Å². The van der Waals surface area contributed by atoms with E-state index < -0.39 is 5.97 Å². The number of nitrogens with zero attached hydrogens (tertiary/aromatic N) is 2. The molecule has 4 rings (SSSR count). The zero-order valence-electron chi connectivity index (χ0n) is 12.2. The fourth-order valence-corrected chi connectivity index (χ4v) is 2.72. The van der Waals surface area contributed by atoms with Crippen molar-refractivity contribution in [3.05, 3.63) is 59.5 Å². The molecule has 1 aromatic carbocycles. The molecular weight excluding hydrogens is 328 g/mol. The number of rotatable bonds is 3. The van der Waals surface area contributed by atoms with Crippen LogP contribution in [0.5, 0.6) is 0 Å². The van der Waals surface area contributed by atoms with E-state index in [2.05, 4.69) is 20.3 Å². The lowest BCUT2D eigenvalue weighted by Crippen LogP contribution is -1.96. The van der Waals surface area contributed by atoms with E-state index in [1.54, 1.807) is 24.5 Å².